The van der Waals surface area contributed by atoms with Crippen molar-refractivity contribution in [1.82, 2.24) is 4.98 Å². The van der Waals surface area contributed by atoms with E-state index in [0.717, 1.165) is 4.88 Å². The molecule has 0 saturated carbocycles. The lowest BCUT2D eigenvalue weighted by atomic mass is 10.2. The minimum Gasteiger partial charge on any atom is -0.488 e. The van der Waals surface area contributed by atoms with E-state index < -0.39 is 0 Å². The van der Waals surface area contributed by atoms with Crippen LogP contribution in [0.5, 0.6) is 5.75 Å². The van der Waals surface area contributed by atoms with Gasteiger partial charge in [0.1, 0.15) is 18.2 Å². The molecule has 2 nitrogen and oxygen atoms in total. The third-order valence-electron chi connectivity index (χ3n) is 2.01. The third-order valence-corrected chi connectivity index (χ3v) is 2.76. The quantitative estimate of drug-likeness (QED) is 0.797. The molecule has 0 spiro atoms. The minimum atomic E-state index is -0.239. The molecule has 0 atom stereocenters. The normalized spacial score (nSPS) is 10.3. The van der Waals surface area contributed by atoms with Gasteiger partial charge >= 0.3 is 0 Å². The number of thiazole rings is 1. The fourth-order valence-corrected chi connectivity index (χ4v) is 1.64. The van der Waals surface area contributed by atoms with Gasteiger partial charge in [0.15, 0.2) is 0 Å². The van der Waals surface area contributed by atoms with Crippen molar-refractivity contribution in [2.24, 2.45) is 0 Å². The summed E-state index contributed by atoms with van der Waals surface area (Å²) in [5, 5.41) is 0. The predicted molar refractivity (Wildman–Crippen MR) is 57.6 cm³/mol. The summed E-state index contributed by atoms with van der Waals surface area (Å²) in [6.45, 7) is 2.16. The van der Waals surface area contributed by atoms with Crippen LogP contribution < -0.4 is 4.74 Å². The molecule has 0 radical (unpaired) electrons. The van der Waals surface area contributed by atoms with E-state index in [1.807, 2.05) is 0 Å². The highest BCUT2D eigenvalue weighted by atomic mass is 32.1. The van der Waals surface area contributed by atoms with Crippen molar-refractivity contribution in [2.75, 3.05) is 0 Å². The second-order valence-corrected chi connectivity index (χ2v) is 4.14. The van der Waals surface area contributed by atoms with Gasteiger partial charge in [-0.15, -0.1) is 11.3 Å². The molecular weight excluding hydrogens is 213 g/mol. The van der Waals surface area contributed by atoms with Crippen LogP contribution in [0.15, 0.2) is 29.9 Å². The first-order valence-electron chi connectivity index (χ1n) is 4.52. The van der Waals surface area contributed by atoms with E-state index in [4.69, 9.17) is 4.74 Å². The Kier molecular flexibility index (Phi) is 2.97. The molecule has 0 amide bonds. The van der Waals surface area contributed by atoms with E-state index in [9.17, 15) is 4.39 Å². The van der Waals surface area contributed by atoms with E-state index in [1.54, 1.807) is 30.8 Å². The zero-order valence-electron chi connectivity index (χ0n) is 8.24. The average Bonchev–Trinajstić information content (AvgIpc) is 2.73. The zero-order chi connectivity index (χ0) is 10.7. The van der Waals surface area contributed by atoms with Crippen molar-refractivity contribution < 1.29 is 9.13 Å². The maximum Gasteiger partial charge on any atom is 0.129 e. The molecule has 1 heterocycles. The van der Waals surface area contributed by atoms with E-state index in [1.165, 1.54) is 17.4 Å². The highest BCUT2D eigenvalue weighted by Gasteiger charge is 2.01. The first kappa shape index (κ1) is 10.1. The Morgan fingerprint density at radius 1 is 1.47 bits per heavy atom. The number of ether oxygens (including phenoxy) is 1. The summed E-state index contributed by atoms with van der Waals surface area (Å²) >= 11 is 1.52. The van der Waals surface area contributed by atoms with Gasteiger partial charge in [-0.25, -0.2) is 4.39 Å². The third kappa shape index (κ3) is 2.53. The molecular formula is C11H10FNOS. The monoisotopic (exact) mass is 223 g/mol. The molecule has 0 aliphatic heterocycles. The molecule has 0 saturated heterocycles. The molecule has 4 heteroatoms. The van der Waals surface area contributed by atoms with Crippen LogP contribution >= 0.6 is 11.3 Å². The summed E-state index contributed by atoms with van der Waals surface area (Å²) < 4.78 is 18.6. The standard InChI is InChI=1S/C11H10FNOS/c1-8-2-3-9(4-11(8)12)14-6-10-5-13-7-15-10/h2-5,7H,6H2,1H3. The van der Waals surface area contributed by atoms with E-state index >= 15 is 0 Å². The van der Waals surface area contributed by atoms with E-state index in [2.05, 4.69) is 4.98 Å². The molecule has 0 fully saturated rings. The van der Waals surface area contributed by atoms with Crippen molar-refractivity contribution in [1.29, 1.82) is 0 Å². The van der Waals surface area contributed by atoms with Gasteiger partial charge in [-0.1, -0.05) is 6.07 Å². The molecule has 1 aromatic heterocycles. The number of benzene rings is 1. The molecule has 0 aliphatic rings. The van der Waals surface area contributed by atoms with E-state index in [0.29, 0.717) is 17.9 Å². The van der Waals surface area contributed by atoms with Gasteiger partial charge in [-0.05, 0) is 18.6 Å². The summed E-state index contributed by atoms with van der Waals surface area (Å²) in [7, 11) is 0. The Hall–Kier alpha value is -1.42. The van der Waals surface area contributed by atoms with Crippen LogP contribution in [0.1, 0.15) is 10.4 Å². The number of aryl methyl sites for hydroxylation is 1. The number of hydrogen-bond acceptors (Lipinski definition) is 3. The molecule has 0 bridgehead atoms. The largest absolute Gasteiger partial charge is 0.488 e. The van der Waals surface area contributed by atoms with Gasteiger partial charge in [-0.3, -0.25) is 4.98 Å². The van der Waals surface area contributed by atoms with Crippen LogP contribution in [0.2, 0.25) is 0 Å². The van der Waals surface area contributed by atoms with Gasteiger partial charge in [0, 0.05) is 12.3 Å². The molecule has 15 heavy (non-hydrogen) atoms. The van der Waals surface area contributed by atoms with Crippen molar-refractivity contribution in [3.8, 4) is 5.75 Å². The zero-order valence-corrected chi connectivity index (χ0v) is 9.05. The van der Waals surface area contributed by atoms with Crippen molar-refractivity contribution >= 4 is 11.3 Å². The summed E-state index contributed by atoms with van der Waals surface area (Å²) in [6, 6.07) is 4.87. The Bertz CT molecular complexity index is 442. The van der Waals surface area contributed by atoms with Gasteiger partial charge in [-0.2, -0.15) is 0 Å². The SMILES string of the molecule is Cc1ccc(OCc2cncs2)cc1F. The topological polar surface area (TPSA) is 22.1 Å². The molecule has 0 unspecified atom stereocenters. The first-order valence-corrected chi connectivity index (χ1v) is 5.40. The van der Waals surface area contributed by atoms with Crippen LogP contribution in [-0.4, -0.2) is 4.98 Å². The predicted octanol–water partition coefficient (Wildman–Crippen LogP) is 3.17. The summed E-state index contributed by atoms with van der Waals surface area (Å²) in [5.41, 5.74) is 2.37. The molecule has 2 aromatic rings. The number of halogens is 1. The Morgan fingerprint density at radius 2 is 2.33 bits per heavy atom. The highest BCUT2D eigenvalue weighted by molar-refractivity contribution is 7.09. The number of nitrogens with zero attached hydrogens (tertiary/aromatic N) is 1. The van der Waals surface area contributed by atoms with Gasteiger partial charge < -0.3 is 4.74 Å². The lowest BCUT2D eigenvalue weighted by Crippen LogP contribution is -1.94. The van der Waals surface area contributed by atoms with E-state index in [-0.39, 0.29) is 5.82 Å². The average molecular weight is 223 g/mol. The summed E-state index contributed by atoms with van der Waals surface area (Å²) in [6.07, 6.45) is 1.75. The maximum absolute atomic E-state index is 13.2. The van der Waals surface area contributed by atoms with Gasteiger partial charge in [0.25, 0.3) is 0 Å². The fraction of sp³-hybridized carbons (Fsp3) is 0.182. The van der Waals surface area contributed by atoms with Gasteiger partial charge in [0.05, 0.1) is 10.4 Å². The first-order chi connectivity index (χ1) is 7.25. The minimum absolute atomic E-state index is 0.239. The number of aromatic nitrogens is 1. The second-order valence-electron chi connectivity index (χ2n) is 3.17. The van der Waals surface area contributed by atoms with Crippen LogP contribution in [0.25, 0.3) is 0 Å². The van der Waals surface area contributed by atoms with Crippen LogP contribution in [0, 0.1) is 12.7 Å². The smallest absolute Gasteiger partial charge is 0.129 e. The van der Waals surface area contributed by atoms with Crippen LogP contribution in [-0.2, 0) is 6.61 Å². The fourth-order valence-electron chi connectivity index (χ4n) is 1.13. The summed E-state index contributed by atoms with van der Waals surface area (Å²) in [5.74, 6) is 0.309. The van der Waals surface area contributed by atoms with Crippen molar-refractivity contribution in [2.45, 2.75) is 13.5 Å². The number of rotatable bonds is 3. The molecule has 78 valence electrons. The second kappa shape index (κ2) is 4.40. The lowest BCUT2D eigenvalue weighted by Gasteiger charge is -2.05. The van der Waals surface area contributed by atoms with Gasteiger partial charge in [0.2, 0.25) is 0 Å². The van der Waals surface area contributed by atoms with Crippen molar-refractivity contribution in [3.05, 3.63) is 46.2 Å². The maximum atomic E-state index is 13.2. The molecule has 1 aromatic carbocycles. The molecule has 0 aliphatic carbocycles. The summed E-state index contributed by atoms with van der Waals surface area (Å²) in [4.78, 5) is 4.95. The molecule has 0 N–H and O–H groups in total. The highest BCUT2D eigenvalue weighted by Crippen LogP contribution is 2.17. The Balaban J connectivity index is 2.02. The Labute approximate surface area is 91.4 Å². The van der Waals surface area contributed by atoms with Crippen LogP contribution in [0.4, 0.5) is 4.39 Å². The molecule has 2 rings (SSSR count). The number of hydrogen-bond donors (Lipinski definition) is 0. The van der Waals surface area contributed by atoms with Crippen molar-refractivity contribution in [3.63, 3.8) is 0 Å². The lowest BCUT2D eigenvalue weighted by molar-refractivity contribution is 0.308. The van der Waals surface area contributed by atoms with Crippen LogP contribution in [0.3, 0.4) is 0 Å². The Morgan fingerprint density at radius 3 is 3.00 bits per heavy atom.